The summed E-state index contributed by atoms with van der Waals surface area (Å²) in [4.78, 5) is 11.5. The predicted molar refractivity (Wildman–Crippen MR) is 55.2 cm³/mol. The molecule has 2 heteroatoms. The maximum absolute atomic E-state index is 11.5. The minimum atomic E-state index is -0.0474. The van der Waals surface area contributed by atoms with E-state index in [4.69, 9.17) is 4.74 Å². The van der Waals surface area contributed by atoms with E-state index in [-0.39, 0.29) is 5.60 Å². The van der Waals surface area contributed by atoms with Gasteiger partial charge in [-0.3, -0.25) is 4.79 Å². The highest BCUT2D eigenvalue weighted by Crippen LogP contribution is 2.41. The first-order valence-corrected chi connectivity index (χ1v) is 5.90. The Morgan fingerprint density at radius 2 is 2.43 bits per heavy atom. The third-order valence-electron chi connectivity index (χ3n) is 3.79. The van der Waals surface area contributed by atoms with Crippen molar-refractivity contribution in [2.24, 2.45) is 5.92 Å². The maximum atomic E-state index is 11.5. The van der Waals surface area contributed by atoms with Gasteiger partial charge in [0.1, 0.15) is 5.78 Å². The van der Waals surface area contributed by atoms with Crippen molar-refractivity contribution in [2.75, 3.05) is 6.61 Å². The Morgan fingerprint density at radius 3 is 3.14 bits per heavy atom. The van der Waals surface area contributed by atoms with Crippen molar-refractivity contribution >= 4 is 5.78 Å². The average Bonchev–Trinajstić information content (AvgIpc) is 2.17. The summed E-state index contributed by atoms with van der Waals surface area (Å²) in [6, 6.07) is 0. The summed E-state index contributed by atoms with van der Waals surface area (Å²) < 4.78 is 5.89. The van der Waals surface area contributed by atoms with Crippen molar-refractivity contribution in [3.8, 4) is 0 Å². The minimum absolute atomic E-state index is 0.0474. The van der Waals surface area contributed by atoms with E-state index < -0.39 is 0 Å². The van der Waals surface area contributed by atoms with E-state index in [0.717, 1.165) is 18.8 Å². The summed E-state index contributed by atoms with van der Waals surface area (Å²) in [6.07, 6.45) is 7.35. The summed E-state index contributed by atoms with van der Waals surface area (Å²) in [5.74, 6) is 1.20. The number of hydrogen-bond donors (Lipinski definition) is 0. The first kappa shape index (κ1) is 10.2. The fraction of sp³-hybridized carbons (Fsp3) is 0.917. The Labute approximate surface area is 86.0 Å². The minimum Gasteiger partial charge on any atom is -0.374 e. The third-order valence-corrected chi connectivity index (χ3v) is 3.79. The molecule has 0 aromatic carbocycles. The molecule has 1 aliphatic heterocycles. The number of carbonyl (C=O) groups is 1. The molecule has 0 aromatic rings. The molecule has 0 radical (unpaired) electrons. The van der Waals surface area contributed by atoms with Crippen LogP contribution >= 0.6 is 0 Å². The number of ether oxygens (including phenoxy) is 1. The molecule has 2 fully saturated rings. The SMILES string of the molecule is CCC1CCCC2(CC(=O)CCO2)C1. The van der Waals surface area contributed by atoms with Crippen molar-refractivity contribution in [2.45, 2.75) is 57.5 Å². The Morgan fingerprint density at radius 1 is 1.57 bits per heavy atom. The Balaban J connectivity index is 2.02. The summed E-state index contributed by atoms with van der Waals surface area (Å²) in [5.41, 5.74) is -0.0474. The van der Waals surface area contributed by atoms with Crippen LogP contribution in [0.4, 0.5) is 0 Å². The number of carbonyl (C=O) groups excluding carboxylic acids is 1. The maximum Gasteiger partial charge on any atom is 0.138 e. The largest absolute Gasteiger partial charge is 0.374 e. The summed E-state index contributed by atoms with van der Waals surface area (Å²) in [5, 5.41) is 0. The second kappa shape index (κ2) is 4.01. The van der Waals surface area contributed by atoms with Crippen LogP contribution in [0.15, 0.2) is 0 Å². The average molecular weight is 196 g/mol. The van der Waals surface area contributed by atoms with Gasteiger partial charge in [0, 0.05) is 12.8 Å². The lowest BCUT2D eigenvalue weighted by Gasteiger charge is -2.42. The number of ketones is 1. The molecule has 1 heterocycles. The summed E-state index contributed by atoms with van der Waals surface area (Å²) in [7, 11) is 0. The molecule has 1 saturated heterocycles. The van der Waals surface area contributed by atoms with E-state index in [1.807, 2.05) is 0 Å². The zero-order valence-corrected chi connectivity index (χ0v) is 9.05. The van der Waals surface area contributed by atoms with Crippen LogP contribution in [-0.4, -0.2) is 18.0 Å². The van der Waals surface area contributed by atoms with Gasteiger partial charge in [-0.05, 0) is 18.8 Å². The van der Waals surface area contributed by atoms with E-state index in [0.29, 0.717) is 25.2 Å². The highest BCUT2D eigenvalue weighted by Gasteiger charge is 2.40. The van der Waals surface area contributed by atoms with Gasteiger partial charge in [0.25, 0.3) is 0 Å². The molecule has 0 N–H and O–H groups in total. The lowest BCUT2D eigenvalue weighted by molar-refractivity contribution is -0.147. The zero-order chi connectivity index (χ0) is 10.0. The van der Waals surface area contributed by atoms with E-state index in [1.165, 1.54) is 19.3 Å². The van der Waals surface area contributed by atoms with Crippen LogP contribution in [0, 0.1) is 5.92 Å². The van der Waals surface area contributed by atoms with Gasteiger partial charge in [-0.2, -0.15) is 0 Å². The van der Waals surface area contributed by atoms with Crippen molar-refractivity contribution < 1.29 is 9.53 Å². The van der Waals surface area contributed by atoms with Crippen LogP contribution < -0.4 is 0 Å². The van der Waals surface area contributed by atoms with E-state index >= 15 is 0 Å². The van der Waals surface area contributed by atoms with Crippen LogP contribution in [0.5, 0.6) is 0 Å². The number of hydrogen-bond acceptors (Lipinski definition) is 2. The fourth-order valence-electron chi connectivity index (χ4n) is 2.96. The van der Waals surface area contributed by atoms with Gasteiger partial charge in [0.15, 0.2) is 0 Å². The molecule has 0 aromatic heterocycles. The molecule has 1 saturated carbocycles. The smallest absolute Gasteiger partial charge is 0.138 e. The summed E-state index contributed by atoms with van der Waals surface area (Å²) >= 11 is 0. The molecule has 2 aliphatic rings. The first-order chi connectivity index (χ1) is 6.74. The lowest BCUT2D eigenvalue weighted by Crippen LogP contribution is -2.43. The highest BCUT2D eigenvalue weighted by atomic mass is 16.5. The monoisotopic (exact) mass is 196 g/mol. The molecule has 2 atom stereocenters. The molecule has 2 nitrogen and oxygen atoms in total. The third kappa shape index (κ3) is 2.00. The molecule has 0 amide bonds. The van der Waals surface area contributed by atoms with Gasteiger partial charge < -0.3 is 4.74 Å². The van der Waals surface area contributed by atoms with Gasteiger partial charge in [-0.15, -0.1) is 0 Å². The Hall–Kier alpha value is -0.370. The molecule has 2 rings (SSSR count). The van der Waals surface area contributed by atoms with Gasteiger partial charge >= 0.3 is 0 Å². The molecule has 0 bridgehead atoms. The lowest BCUT2D eigenvalue weighted by atomic mass is 9.73. The van der Waals surface area contributed by atoms with Gasteiger partial charge in [0.2, 0.25) is 0 Å². The normalized spacial score (nSPS) is 38.9. The first-order valence-electron chi connectivity index (χ1n) is 5.90. The van der Waals surface area contributed by atoms with Crippen molar-refractivity contribution in [3.63, 3.8) is 0 Å². The van der Waals surface area contributed by atoms with Crippen LogP contribution in [0.3, 0.4) is 0 Å². The van der Waals surface area contributed by atoms with Crippen molar-refractivity contribution in [1.29, 1.82) is 0 Å². The van der Waals surface area contributed by atoms with Gasteiger partial charge in [-0.1, -0.05) is 26.2 Å². The fourth-order valence-corrected chi connectivity index (χ4v) is 2.96. The number of Topliss-reactive ketones (excluding diaryl/α,β-unsaturated/α-hetero) is 1. The van der Waals surface area contributed by atoms with Gasteiger partial charge in [-0.25, -0.2) is 0 Å². The van der Waals surface area contributed by atoms with Gasteiger partial charge in [0.05, 0.1) is 12.2 Å². The van der Waals surface area contributed by atoms with Crippen molar-refractivity contribution in [3.05, 3.63) is 0 Å². The van der Waals surface area contributed by atoms with Crippen molar-refractivity contribution in [1.82, 2.24) is 0 Å². The molecule has 1 spiro atoms. The van der Waals surface area contributed by atoms with E-state index in [2.05, 4.69) is 6.92 Å². The standard InChI is InChI=1S/C12H20O2/c1-2-10-4-3-6-12(8-10)9-11(13)5-7-14-12/h10H,2-9H2,1H3. The topological polar surface area (TPSA) is 26.3 Å². The highest BCUT2D eigenvalue weighted by molar-refractivity contribution is 5.80. The molecular weight excluding hydrogens is 176 g/mol. The molecule has 80 valence electrons. The molecular formula is C12H20O2. The van der Waals surface area contributed by atoms with Crippen LogP contribution in [0.1, 0.15) is 51.9 Å². The predicted octanol–water partition coefficient (Wildman–Crippen LogP) is 2.70. The van der Waals surface area contributed by atoms with Crippen LogP contribution in [0.2, 0.25) is 0 Å². The molecule has 1 aliphatic carbocycles. The van der Waals surface area contributed by atoms with Crippen LogP contribution in [-0.2, 0) is 9.53 Å². The Kier molecular flexibility index (Phi) is 2.91. The zero-order valence-electron chi connectivity index (χ0n) is 9.05. The number of rotatable bonds is 1. The quantitative estimate of drug-likeness (QED) is 0.644. The Bertz CT molecular complexity index is 220. The van der Waals surface area contributed by atoms with Crippen LogP contribution in [0.25, 0.3) is 0 Å². The molecule has 14 heavy (non-hydrogen) atoms. The second-order valence-electron chi connectivity index (χ2n) is 4.87. The molecule has 2 unspecified atom stereocenters. The van der Waals surface area contributed by atoms with E-state index in [1.54, 1.807) is 0 Å². The summed E-state index contributed by atoms with van der Waals surface area (Å²) in [6.45, 7) is 2.91. The van der Waals surface area contributed by atoms with E-state index in [9.17, 15) is 4.79 Å². The second-order valence-corrected chi connectivity index (χ2v) is 4.87.